The van der Waals surface area contributed by atoms with Gasteiger partial charge in [-0.15, -0.1) is 0 Å². The van der Waals surface area contributed by atoms with E-state index in [9.17, 15) is 4.79 Å². The summed E-state index contributed by atoms with van der Waals surface area (Å²) in [7, 11) is 0. The average Bonchev–Trinajstić information content (AvgIpc) is 3.11. The van der Waals surface area contributed by atoms with Gasteiger partial charge in [-0.2, -0.15) is 0 Å². The first kappa shape index (κ1) is 11.7. The van der Waals surface area contributed by atoms with E-state index < -0.39 is 5.97 Å². The van der Waals surface area contributed by atoms with Crippen molar-refractivity contribution in [2.75, 3.05) is 13.2 Å². The Kier molecular flexibility index (Phi) is 3.49. The van der Waals surface area contributed by atoms with Crippen LogP contribution in [0, 0.1) is 0 Å². The number of ether oxygens (including phenoxy) is 2. The van der Waals surface area contributed by atoms with Crippen LogP contribution in [-0.2, 0) is 0 Å². The molecule has 1 aromatic rings. The second kappa shape index (κ2) is 5.05. The van der Waals surface area contributed by atoms with Crippen molar-refractivity contribution in [2.24, 2.45) is 0 Å². The van der Waals surface area contributed by atoms with E-state index in [1.54, 1.807) is 6.07 Å². The van der Waals surface area contributed by atoms with Gasteiger partial charge in [0.05, 0.1) is 18.3 Å². The minimum absolute atomic E-state index is 0.0937. The average molecular weight is 238 g/mol. The number of hydrogen-bond donors (Lipinski definition) is 2. The van der Waals surface area contributed by atoms with Gasteiger partial charge < -0.3 is 19.7 Å². The van der Waals surface area contributed by atoms with Gasteiger partial charge >= 0.3 is 5.97 Å². The standard InChI is InChI=1S/C12H14O5/c13-5-6-16-10-4-1-8(12(14)15)7-11(10)17-9-2-3-9/h1,4,7,9,13H,2-3,5-6H2,(H,14,15). The molecule has 17 heavy (non-hydrogen) atoms. The third-order valence-corrected chi connectivity index (χ3v) is 2.36. The monoisotopic (exact) mass is 238 g/mol. The highest BCUT2D eigenvalue weighted by Crippen LogP contribution is 2.34. The van der Waals surface area contributed by atoms with Gasteiger partial charge in [-0.25, -0.2) is 4.79 Å². The Morgan fingerprint density at radius 3 is 2.71 bits per heavy atom. The molecule has 1 aliphatic carbocycles. The second-order valence-corrected chi connectivity index (χ2v) is 3.86. The van der Waals surface area contributed by atoms with E-state index >= 15 is 0 Å². The second-order valence-electron chi connectivity index (χ2n) is 3.86. The normalized spacial score (nSPS) is 14.4. The van der Waals surface area contributed by atoms with Gasteiger partial charge in [0.2, 0.25) is 0 Å². The predicted octanol–water partition coefficient (Wildman–Crippen LogP) is 1.30. The maximum Gasteiger partial charge on any atom is 0.335 e. The molecular formula is C12H14O5. The largest absolute Gasteiger partial charge is 0.487 e. The summed E-state index contributed by atoms with van der Waals surface area (Å²) < 4.78 is 10.9. The highest BCUT2D eigenvalue weighted by molar-refractivity contribution is 5.88. The number of carbonyl (C=O) groups is 1. The van der Waals surface area contributed by atoms with Gasteiger partial charge in [-0.3, -0.25) is 0 Å². The molecule has 0 unspecified atom stereocenters. The quantitative estimate of drug-likeness (QED) is 0.781. The highest BCUT2D eigenvalue weighted by atomic mass is 16.5. The number of aliphatic hydroxyl groups excluding tert-OH is 1. The summed E-state index contributed by atoms with van der Waals surface area (Å²) in [5.74, 6) is -0.101. The zero-order chi connectivity index (χ0) is 12.3. The van der Waals surface area contributed by atoms with Crippen LogP contribution in [0.1, 0.15) is 23.2 Å². The number of aliphatic hydroxyl groups is 1. The van der Waals surface area contributed by atoms with Crippen molar-refractivity contribution < 1.29 is 24.5 Å². The third-order valence-electron chi connectivity index (χ3n) is 2.36. The molecule has 1 aliphatic rings. The van der Waals surface area contributed by atoms with Crippen molar-refractivity contribution in [2.45, 2.75) is 18.9 Å². The number of benzene rings is 1. The Bertz CT molecular complexity index is 411. The molecular weight excluding hydrogens is 224 g/mol. The summed E-state index contributed by atoms with van der Waals surface area (Å²) in [6, 6.07) is 4.46. The molecule has 1 saturated carbocycles. The summed E-state index contributed by atoms with van der Waals surface area (Å²) in [6.07, 6.45) is 2.13. The molecule has 0 aliphatic heterocycles. The van der Waals surface area contributed by atoms with Gasteiger partial charge in [0.25, 0.3) is 0 Å². The van der Waals surface area contributed by atoms with Gasteiger partial charge in [-0.05, 0) is 31.0 Å². The molecule has 2 N–H and O–H groups in total. The minimum atomic E-state index is -1.00. The third kappa shape index (κ3) is 3.10. The molecule has 1 aromatic carbocycles. The van der Waals surface area contributed by atoms with Gasteiger partial charge in [0.1, 0.15) is 6.61 Å². The number of rotatable bonds is 6. The maximum absolute atomic E-state index is 10.8. The molecule has 1 fully saturated rings. The molecule has 92 valence electrons. The molecule has 0 radical (unpaired) electrons. The zero-order valence-electron chi connectivity index (χ0n) is 9.26. The molecule has 0 spiro atoms. The molecule has 0 bridgehead atoms. The van der Waals surface area contributed by atoms with Gasteiger partial charge in [0.15, 0.2) is 11.5 Å². The van der Waals surface area contributed by atoms with Crippen LogP contribution in [0.4, 0.5) is 0 Å². The fourth-order valence-electron chi connectivity index (χ4n) is 1.37. The van der Waals surface area contributed by atoms with Crippen LogP contribution >= 0.6 is 0 Å². The van der Waals surface area contributed by atoms with Crippen LogP contribution in [0.15, 0.2) is 18.2 Å². The SMILES string of the molecule is O=C(O)c1ccc(OCCO)c(OC2CC2)c1. The molecule has 5 nitrogen and oxygen atoms in total. The molecule has 5 heteroatoms. The maximum atomic E-state index is 10.8. The van der Waals surface area contributed by atoms with Crippen molar-refractivity contribution in [3.8, 4) is 11.5 Å². The van der Waals surface area contributed by atoms with E-state index in [4.69, 9.17) is 19.7 Å². The van der Waals surface area contributed by atoms with Crippen LogP contribution in [0.5, 0.6) is 11.5 Å². The fourth-order valence-corrected chi connectivity index (χ4v) is 1.37. The Balaban J connectivity index is 2.19. The van der Waals surface area contributed by atoms with Gasteiger partial charge in [0, 0.05) is 0 Å². The summed E-state index contributed by atoms with van der Waals surface area (Å²) in [6.45, 7) is 0.0665. The predicted molar refractivity (Wildman–Crippen MR) is 59.6 cm³/mol. The lowest BCUT2D eigenvalue weighted by Gasteiger charge is -2.12. The molecule has 0 atom stereocenters. The fraction of sp³-hybridized carbons (Fsp3) is 0.417. The zero-order valence-corrected chi connectivity index (χ0v) is 9.26. The van der Waals surface area contributed by atoms with Crippen molar-refractivity contribution in [1.29, 1.82) is 0 Å². The highest BCUT2D eigenvalue weighted by Gasteiger charge is 2.25. The first-order valence-electron chi connectivity index (χ1n) is 5.48. The van der Waals surface area contributed by atoms with E-state index in [1.165, 1.54) is 12.1 Å². The van der Waals surface area contributed by atoms with Crippen molar-refractivity contribution >= 4 is 5.97 Å². The molecule has 0 amide bonds. The van der Waals surface area contributed by atoms with Crippen LogP contribution in [-0.4, -0.2) is 35.5 Å². The first-order valence-corrected chi connectivity index (χ1v) is 5.48. The number of carboxylic acids is 1. The molecule has 0 aromatic heterocycles. The van der Waals surface area contributed by atoms with Gasteiger partial charge in [-0.1, -0.05) is 0 Å². The van der Waals surface area contributed by atoms with E-state index in [2.05, 4.69) is 0 Å². The Labute approximate surface area is 98.6 Å². The Morgan fingerprint density at radius 2 is 2.12 bits per heavy atom. The van der Waals surface area contributed by atoms with Crippen LogP contribution in [0.3, 0.4) is 0 Å². The first-order chi connectivity index (χ1) is 8.20. The lowest BCUT2D eigenvalue weighted by atomic mass is 10.2. The van der Waals surface area contributed by atoms with E-state index in [-0.39, 0.29) is 24.9 Å². The summed E-state index contributed by atoms with van der Waals surface area (Å²) >= 11 is 0. The lowest BCUT2D eigenvalue weighted by Crippen LogP contribution is -2.06. The number of hydrogen-bond acceptors (Lipinski definition) is 4. The topological polar surface area (TPSA) is 76.0 Å². The van der Waals surface area contributed by atoms with Crippen LogP contribution in [0.2, 0.25) is 0 Å². The Hall–Kier alpha value is -1.75. The molecule has 2 rings (SSSR count). The summed E-state index contributed by atoms with van der Waals surface area (Å²) in [4.78, 5) is 10.8. The lowest BCUT2D eigenvalue weighted by molar-refractivity contribution is 0.0696. The van der Waals surface area contributed by atoms with E-state index in [0.29, 0.717) is 11.5 Å². The van der Waals surface area contributed by atoms with Crippen LogP contribution < -0.4 is 9.47 Å². The number of carboxylic acid groups (broad SMARTS) is 1. The molecule has 0 saturated heterocycles. The van der Waals surface area contributed by atoms with Crippen molar-refractivity contribution in [3.05, 3.63) is 23.8 Å². The summed E-state index contributed by atoms with van der Waals surface area (Å²) in [5.41, 5.74) is 0.164. The Morgan fingerprint density at radius 1 is 1.35 bits per heavy atom. The number of aromatic carboxylic acids is 1. The van der Waals surface area contributed by atoms with E-state index in [1.807, 2.05) is 0 Å². The van der Waals surface area contributed by atoms with E-state index in [0.717, 1.165) is 12.8 Å². The van der Waals surface area contributed by atoms with Crippen LogP contribution in [0.25, 0.3) is 0 Å². The van der Waals surface area contributed by atoms with Crippen molar-refractivity contribution in [3.63, 3.8) is 0 Å². The smallest absolute Gasteiger partial charge is 0.335 e. The minimum Gasteiger partial charge on any atom is -0.487 e. The molecule has 0 heterocycles. The van der Waals surface area contributed by atoms with Crippen molar-refractivity contribution in [1.82, 2.24) is 0 Å². The summed E-state index contributed by atoms with van der Waals surface area (Å²) in [5, 5.41) is 17.6.